The van der Waals surface area contributed by atoms with E-state index in [0.29, 0.717) is 22.5 Å². The summed E-state index contributed by atoms with van der Waals surface area (Å²) in [6.07, 6.45) is 0. The molecule has 306 valence electrons. The first-order valence-electron chi connectivity index (χ1n) is 21.9. The average molecular weight is 848 g/mol. The van der Waals surface area contributed by atoms with Gasteiger partial charge in [0.1, 0.15) is 25.1 Å². The third-order valence-electron chi connectivity index (χ3n) is 12.7. The molecule has 0 bridgehead atoms. The molecule has 11 rings (SSSR count). The number of phenols is 1. The first-order chi connectivity index (χ1) is 32.1. The zero-order chi connectivity index (χ0) is 43.7. The SMILES string of the molecule is [B]c1ccc(-c2ccccc2-n2c3ccccc3c3ccccc32)cc1Oc1cccc(-c2cc(-c3ccccc3[Si](c3ccccc3)(c3ccccc3)c3ccccc3)ccc2O)c1. The van der Waals surface area contributed by atoms with Gasteiger partial charge in [0.15, 0.2) is 8.07 Å². The van der Waals surface area contributed by atoms with Gasteiger partial charge in [0, 0.05) is 21.9 Å². The van der Waals surface area contributed by atoms with Crippen LogP contribution < -0.4 is 30.9 Å². The van der Waals surface area contributed by atoms with Crippen LogP contribution in [0, 0.1) is 0 Å². The van der Waals surface area contributed by atoms with Crippen molar-refractivity contribution in [1.82, 2.24) is 4.57 Å². The van der Waals surface area contributed by atoms with Crippen LogP contribution in [0.4, 0.5) is 0 Å². The van der Waals surface area contributed by atoms with Crippen molar-refractivity contribution in [3.8, 4) is 56.3 Å². The number of aromatic nitrogens is 1. The Bertz CT molecular complexity index is 3350. The highest BCUT2D eigenvalue weighted by Gasteiger charge is 2.42. The predicted octanol–water partition coefficient (Wildman–Crippen LogP) is 11.5. The lowest BCUT2D eigenvalue weighted by atomic mass is 9.91. The van der Waals surface area contributed by atoms with Crippen molar-refractivity contribution in [2.24, 2.45) is 0 Å². The Morgan fingerprint density at radius 1 is 0.400 bits per heavy atom. The van der Waals surface area contributed by atoms with Gasteiger partial charge in [-0.25, -0.2) is 0 Å². The molecule has 0 unspecified atom stereocenters. The molecule has 0 amide bonds. The molecule has 0 saturated heterocycles. The van der Waals surface area contributed by atoms with E-state index in [9.17, 15) is 5.11 Å². The van der Waals surface area contributed by atoms with E-state index in [0.717, 1.165) is 44.5 Å². The van der Waals surface area contributed by atoms with Crippen LogP contribution in [0.3, 0.4) is 0 Å². The minimum atomic E-state index is -2.86. The first kappa shape index (κ1) is 39.7. The molecule has 0 aliphatic heterocycles. The molecule has 0 aliphatic rings. The van der Waals surface area contributed by atoms with E-state index in [1.165, 1.54) is 31.5 Å². The third-order valence-corrected chi connectivity index (χ3v) is 17.5. The Kier molecular flexibility index (Phi) is 10.3. The Labute approximate surface area is 381 Å². The average Bonchev–Trinajstić information content (AvgIpc) is 3.71. The molecule has 0 aliphatic carbocycles. The third kappa shape index (κ3) is 7.03. The number of phenolic OH excluding ortho intramolecular Hbond substituents is 1. The summed E-state index contributed by atoms with van der Waals surface area (Å²) in [5, 5.41) is 19.2. The largest absolute Gasteiger partial charge is 0.507 e. The van der Waals surface area contributed by atoms with E-state index in [-0.39, 0.29) is 5.75 Å². The van der Waals surface area contributed by atoms with E-state index in [4.69, 9.17) is 12.6 Å². The van der Waals surface area contributed by atoms with Crippen LogP contribution in [-0.2, 0) is 0 Å². The zero-order valence-corrected chi connectivity index (χ0v) is 36.6. The van der Waals surface area contributed by atoms with E-state index in [1.54, 1.807) is 0 Å². The molecule has 0 spiro atoms. The molecule has 0 fully saturated rings. The summed E-state index contributed by atoms with van der Waals surface area (Å²) in [6, 6.07) is 87.0. The molecule has 10 aromatic carbocycles. The molecule has 0 saturated carbocycles. The molecule has 65 heavy (non-hydrogen) atoms. The zero-order valence-electron chi connectivity index (χ0n) is 35.6. The maximum absolute atomic E-state index is 11.6. The Morgan fingerprint density at radius 2 is 0.908 bits per heavy atom. The Balaban J connectivity index is 0.982. The summed E-state index contributed by atoms with van der Waals surface area (Å²) >= 11 is 0. The van der Waals surface area contributed by atoms with Gasteiger partial charge >= 0.3 is 0 Å². The number of para-hydroxylation sites is 3. The highest BCUT2D eigenvalue weighted by Crippen LogP contribution is 2.39. The molecule has 11 aromatic rings. The van der Waals surface area contributed by atoms with Crippen molar-refractivity contribution in [3.63, 3.8) is 0 Å². The second kappa shape index (κ2) is 16.9. The number of ether oxygens (including phenoxy) is 1. The molecule has 1 aromatic heterocycles. The van der Waals surface area contributed by atoms with Gasteiger partial charge in [-0.1, -0.05) is 206 Å². The van der Waals surface area contributed by atoms with Crippen LogP contribution in [-0.4, -0.2) is 25.6 Å². The van der Waals surface area contributed by atoms with E-state index in [2.05, 4.69) is 205 Å². The monoisotopic (exact) mass is 847 g/mol. The van der Waals surface area contributed by atoms with Crippen molar-refractivity contribution in [3.05, 3.63) is 249 Å². The van der Waals surface area contributed by atoms with Crippen molar-refractivity contribution in [2.45, 2.75) is 0 Å². The standard InChI is InChI=1S/C60H42BNO2Si/c61-54-37-35-44(49-27-10-14-31-55(49)62-56-32-15-11-29-51(56)52-30-12-16-33-57(52)62)41-59(54)64-45-20-18-19-42(39-45)53-40-43(36-38-58(53)63)50-28-13-17-34-60(50)65(46-21-4-1-5-22-46,47-23-6-2-7-24-47)48-25-8-3-9-26-48/h1-41,63H. The molecule has 1 heterocycles. The van der Waals surface area contributed by atoms with Gasteiger partial charge in [-0.3, -0.25) is 0 Å². The second-order valence-corrected chi connectivity index (χ2v) is 20.2. The minimum absolute atomic E-state index is 0.184. The molecule has 0 atom stereocenters. The molecule has 5 heteroatoms. The lowest BCUT2D eigenvalue weighted by Crippen LogP contribution is -2.75. The van der Waals surface area contributed by atoms with Crippen LogP contribution in [0.15, 0.2) is 249 Å². The highest BCUT2D eigenvalue weighted by atomic mass is 28.3. The number of benzene rings is 10. The fraction of sp³-hybridized carbons (Fsp3) is 0. The summed E-state index contributed by atoms with van der Waals surface area (Å²) in [5.41, 5.74) is 9.57. The summed E-state index contributed by atoms with van der Waals surface area (Å²) < 4.78 is 9.00. The van der Waals surface area contributed by atoms with Crippen molar-refractivity contribution in [1.29, 1.82) is 0 Å². The van der Waals surface area contributed by atoms with Crippen LogP contribution in [0.2, 0.25) is 0 Å². The topological polar surface area (TPSA) is 34.4 Å². The van der Waals surface area contributed by atoms with Crippen molar-refractivity contribution >= 4 is 63.9 Å². The lowest BCUT2D eigenvalue weighted by molar-refractivity contribution is 0.477. The van der Waals surface area contributed by atoms with Crippen molar-refractivity contribution in [2.75, 3.05) is 0 Å². The van der Waals surface area contributed by atoms with E-state index in [1.807, 2.05) is 48.5 Å². The van der Waals surface area contributed by atoms with Gasteiger partial charge in [0.2, 0.25) is 0 Å². The lowest BCUT2D eigenvalue weighted by Gasteiger charge is -2.36. The van der Waals surface area contributed by atoms with Gasteiger partial charge < -0.3 is 14.4 Å². The molecule has 1 N–H and O–H groups in total. The summed E-state index contributed by atoms with van der Waals surface area (Å²) in [6.45, 7) is 0. The molecular formula is C60H42BNO2Si. The first-order valence-corrected chi connectivity index (χ1v) is 23.9. The minimum Gasteiger partial charge on any atom is -0.507 e. The van der Waals surface area contributed by atoms with E-state index < -0.39 is 8.07 Å². The quantitative estimate of drug-likeness (QED) is 0.110. The summed E-state index contributed by atoms with van der Waals surface area (Å²) in [5.74, 6) is 1.34. The Hall–Kier alpha value is -8.12. The van der Waals surface area contributed by atoms with Gasteiger partial charge in [0.05, 0.1) is 16.7 Å². The van der Waals surface area contributed by atoms with Crippen LogP contribution >= 0.6 is 0 Å². The van der Waals surface area contributed by atoms with Gasteiger partial charge in [-0.05, 0) is 91.5 Å². The number of aromatic hydroxyl groups is 1. The van der Waals surface area contributed by atoms with Gasteiger partial charge in [0.25, 0.3) is 0 Å². The number of rotatable bonds is 10. The number of hydrogen-bond donors (Lipinski definition) is 1. The predicted molar refractivity (Wildman–Crippen MR) is 274 cm³/mol. The maximum atomic E-state index is 11.6. The summed E-state index contributed by atoms with van der Waals surface area (Å²) in [7, 11) is 3.80. The van der Waals surface area contributed by atoms with Crippen LogP contribution in [0.25, 0.3) is 60.9 Å². The van der Waals surface area contributed by atoms with Crippen LogP contribution in [0.5, 0.6) is 17.2 Å². The number of hydrogen-bond acceptors (Lipinski definition) is 2. The summed E-state index contributed by atoms with van der Waals surface area (Å²) in [4.78, 5) is 0. The number of nitrogens with zero attached hydrogens (tertiary/aromatic N) is 1. The fourth-order valence-electron chi connectivity index (χ4n) is 9.77. The smallest absolute Gasteiger partial charge is 0.180 e. The maximum Gasteiger partial charge on any atom is 0.180 e. The molecule has 2 radical (unpaired) electrons. The van der Waals surface area contributed by atoms with Crippen LogP contribution in [0.1, 0.15) is 0 Å². The normalized spacial score (nSPS) is 11.5. The molecule has 3 nitrogen and oxygen atoms in total. The molecular weight excluding hydrogens is 806 g/mol. The van der Waals surface area contributed by atoms with Crippen molar-refractivity contribution < 1.29 is 9.84 Å². The second-order valence-electron chi connectivity index (χ2n) is 16.4. The van der Waals surface area contributed by atoms with Gasteiger partial charge in [-0.15, -0.1) is 0 Å². The number of fused-ring (bicyclic) bond motifs is 3. The van der Waals surface area contributed by atoms with E-state index >= 15 is 0 Å². The highest BCUT2D eigenvalue weighted by molar-refractivity contribution is 7.20. The Morgan fingerprint density at radius 3 is 1.55 bits per heavy atom. The van der Waals surface area contributed by atoms with Gasteiger partial charge in [-0.2, -0.15) is 0 Å². The fourth-order valence-corrected chi connectivity index (χ4v) is 14.8.